The topological polar surface area (TPSA) is 59.4 Å². The molecule has 0 amide bonds. The number of nitrogens with zero attached hydrogens (tertiary/aromatic N) is 1. The molecule has 20 heavy (non-hydrogen) atoms. The van der Waals surface area contributed by atoms with Gasteiger partial charge >= 0.3 is 5.97 Å². The summed E-state index contributed by atoms with van der Waals surface area (Å²) in [6.07, 6.45) is 4.55. The van der Waals surface area contributed by atoms with Crippen molar-refractivity contribution in [1.82, 2.24) is 4.98 Å². The van der Waals surface area contributed by atoms with Gasteiger partial charge in [-0.3, -0.25) is 0 Å². The van der Waals surface area contributed by atoms with Crippen LogP contribution < -0.4 is 4.74 Å². The lowest BCUT2D eigenvalue weighted by atomic mass is 9.89. The van der Waals surface area contributed by atoms with E-state index in [9.17, 15) is 9.90 Å². The Labute approximate surface area is 120 Å². The molecule has 4 nitrogen and oxygen atoms in total. The molecule has 110 valence electrons. The molecule has 1 aromatic heterocycles. The smallest absolute Gasteiger partial charge is 0.335 e. The van der Waals surface area contributed by atoms with Gasteiger partial charge in [0.2, 0.25) is 5.88 Å². The number of aromatic carboxylic acids is 1. The SMILES string of the molecule is CC1CCC(Oc2cc(C(=O)O)cc(C(C)C)n2)CC1. The van der Waals surface area contributed by atoms with Crippen LogP contribution in [-0.2, 0) is 0 Å². The summed E-state index contributed by atoms with van der Waals surface area (Å²) in [5, 5.41) is 9.17. The zero-order valence-corrected chi connectivity index (χ0v) is 12.4. The highest BCUT2D eigenvalue weighted by molar-refractivity contribution is 5.88. The molecule has 0 bridgehead atoms. The molecule has 0 unspecified atom stereocenters. The Balaban J connectivity index is 2.16. The van der Waals surface area contributed by atoms with Gasteiger partial charge in [0, 0.05) is 11.8 Å². The number of ether oxygens (including phenoxy) is 1. The lowest BCUT2D eigenvalue weighted by Crippen LogP contribution is -2.23. The summed E-state index contributed by atoms with van der Waals surface area (Å²) in [5.74, 6) is 0.465. The third-order valence-corrected chi connectivity index (χ3v) is 3.91. The second kappa shape index (κ2) is 6.25. The second-order valence-corrected chi connectivity index (χ2v) is 6.08. The van der Waals surface area contributed by atoms with E-state index in [1.807, 2.05) is 13.8 Å². The van der Waals surface area contributed by atoms with Crippen molar-refractivity contribution in [1.29, 1.82) is 0 Å². The van der Waals surface area contributed by atoms with Crippen LogP contribution in [0.25, 0.3) is 0 Å². The predicted molar refractivity (Wildman–Crippen MR) is 77.3 cm³/mol. The highest BCUT2D eigenvalue weighted by Crippen LogP contribution is 2.27. The van der Waals surface area contributed by atoms with Crippen molar-refractivity contribution in [2.75, 3.05) is 0 Å². The maximum absolute atomic E-state index is 11.2. The van der Waals surface area contributed by atoms with Crippen LogP contribution in [0.5, 0.6) is 5.88 Å². The summed E-state index contributed by atoms with van der Waals surface area (Å²) < 4.78 is 5.91. The molecule has 1 aliphatic carbocycles. The average Bonchev–Trinajstić information content (AvgIpc) is 2.41. The summed E-state index contributed by atoms with van der Waals surface area (Å²) >= 11 is 0. The first-order chi connectivity index (χ1) is 9.45. The van der Waals surface area contributed by atoms with Crippen LogP contribution >= 0.6 is 0 Å². The molecule has 0 spiro atoms. The third-order valence-electron chi connectivity index (χ3n) is 3.91. The normalized spacial score (nSPS) is 22.8. The van der Waals surface area contributed by atoms with Crippen molar-refractivity contribution >= 4 is 5.97 Å². The minimum absolute atomic E-state index is 0.169. The molecule has 1 aromatic rings. The van der Waals surface area contributed by atoms with E-state index in [1.54, 1.807) is 6.07 Å². The van der Waals surface area contributed by atoms with E-state index in [1.165, 1.54) is 18.9 Å². The molecular formula is C16H23NO3. The van der Waals surface area contributed by atoms with E-state index >= 15 is 0 Å². The van der Waals surface area contributed by atoms with Crippen molar-refractivity contribution in [3.63, 3.8) is 0 Å². The molecule has 0 aromatic carbocycles. The van der Waals surface area contributed by atoms with Gasteiger partial charge in [-0.05, 0) is 43.6 Å². The number of carbonyl (C=O) groups is 1. The van der Waals surface area contributed by atoms with Crippen LogP contribution in [0.2, 0.25) is 0 Å². The molecule has 0 saturated heterocycles. The predicted octanol–water partition coefficient (Wildman–Crippen LogP) is 3.86. The van der Waals surface area contributed by atoms with Crippen molar-refractivity contribution in [2.45, 2.75) is 58.5 Å². The fourth-order valence-corrected chi connectivity index (χ4v) is 2.52. The lowest BCUT2D eigenvalue weighted by Gasteiger charge is -2.26. The number of carboxylic acids is 1. The van der Waals surface area contributed by atoms with Crippen molar-refractivity contribution in [2.24, 2.45) is 5.92 Å². The van der Waals surface area contributed by atoms with E-state index in [0.717, 1.165) is 24.5 Å². The Morgan fingerprint density at radius 3 is 2.50 bits per heavy atom. The van der Waals surface area contributed by atoms with Gasteiger partial charge in [-0.1, -0.05) is 20.8 Å². The van der Waals surface area contributed by atoms with Crippen molar-refractivity contribution in [3.8, 4) is 5.88 Å². The molecule has 2 rings (SSSR count). The number of carboxylic acid groups (broad SMARTS) is 1. The van der Waals surface area contributed by atoms with E-state index < -0.39 is 5.97 Å². The van der Waals surface area contributed by atoms with Gasteiger partial charge in [0.15, 0.2) is 0 Å². The molecule has 0 atom stereocenters. The Bertz CT molecular complexity index is 477. The van der Waals surface area contributed by atoms with Crippen LogP contribution in [0, 0.1) is 5.92 Å². The summed E-state index contributed by atoms with van der Waals surface area (Å²) in [6, 6.07) is 3.16. The van der Waals surface area contributed by atoms with Gasteiger partial charge in [-0.2, -0.15) is 0 Å². The first-order valence-electron chi connectivity index (χ1n) is 7.37. The number of rotatable bonds is 4. The zero-order chi connectivity index (χ0) is 14.7. The highest BCUT2D eigenvalue weighted by atomic mass is 16.5. The Morgan fingerprint density at radius 1 is 1.30 bits per heavy atom. The molecule has 1 heterocycles. The van der Waals surface area contributed by atoms with Gasteiger partial charge in [-0.25, -0.2) is 9.78 Å². The number of hydrogen-bond acceptors (Lipinski definition) is 3. The van der Waals surface area contributed by atoms with Gasteiger partial charge in [0.25, 0.3) is 0 Å². The fraction of sp³-hybridized carbons (Fsp3) is 0.625. The molecule has 0 radical (unpaired) electrons. The Morgan fingerprint density at radius 2 is 1.95 bits per heavy atom. The van der Waals surface area contributed by atoms with Crippen LogP contribution in [0.15, 0.2) is 12.1 Å². The largest absolute Gasteiger partial charge is 0.478 e. The third kappa shape index (κ3) is 3.71. The van der Waals surface area contributed by atoms with Gasteiger partial charge in [0.1, 0.15) is 6.10 Å². The molecule has 0 aliphatic heterocycles. The molecule has 4 heteroatoms. The van der Waals surface area contributed by atoms with Crippen LogP contribution in [-0.4, -0.2) is 22.2 Å². The quantitative estimate of drug-likeness (QED) is 0.907. The Kier molecular flexibility index (Phi) is 4.63. The summed E-state index contributed by atoms with van der Waals surface area (Å²) in [4.78, 5) is 15.6. The van der Waals surface area contributed by atoms with Crippen LogP contribution in [0.3, 0.4) is 0 Å². The van der Waals surface area contributed by atoms with E-state index in [0.29, 0.717) is 5.88 Å². The fourth-order valence-electron chi connectivity index (χ4n) is 2.52. The minimum Gasteiger partial charge on any atom is -0.478 e. The van der Waals surface area contributed by atoms with Gasteiger partial charge < -0.3 is 9.84 Å². The van der Waals surface area contributed by atoms with Crippen LogP contribution in [0.1, 0.15) is 68.4 Å². The number of pyridine rings is 1. The molecule has 1 aliphatic rings. The maximum atomic E-state index is 11.2. The highest BCUT2D eigenvalue weighted by Gasteiger charge is 2.21. The van der Waals surface area contributed by atoms with E-state index in [4.69, 9.17) is 4.74 Å². The van der Waals surface area contributed by atoms with Gasteiger partial charge in [0.05, 0.1) is 5.56 Å². The standard InChI is InChI=1S/C16H23NO3/c1-10(2)14-8-12(16(18)19)9-15(17-14)20-13-6-4-11(3)5-7-13/h8-11,13H,4-7H2,1-3H3,(H,18,19). The molecule has 1 N–H and O–H groups in total. The van der Waals surface area contributed by atoms with Gasteiger partial charge in [-0.15, -0.1) is 0 Å². The summed E-state index contributed by atoms with van der Waals surface area (Å²) in [5.41, 5.74) is 1.02. The van der Waals surface area contributed by atoms with Crippen molar-refractivity contribution in [3.05, 3.63) is 23.4 Å². The lowest BCUT2D eigenvalue weighted by molar-refractivity contribution is 0.0694. The van der Waals surface area contributed by atoms with Crippen molar-refractivity contribution < 1.29 is 14.6 Å². The number of aromatic nitrogens is 1. The minimum atomic E-state index is -0.934. The maximum Gasteiger partial charge on any atom is 0.335 e. The second-order valence-electron chi connectivity index (χ2n) is 6.08. The molecule has 1 fully saturated rings. The summed E-state index contributed by atoms with van der Waals surface area (Å²) in [6.45, 7) is 6.26. The van der Waals surface area contributed by atoms with Crippen LogP contribution in [0.4, 0.5) is 0 Å². The first-order valence-corrected chi connectivity index (χ1v) is 7.37. The summed E-state index contributed by atoms with van der Waals surface area (Å²) in [7, 11) is 0. The molecule has 1 saturated carbocycles. The van der Waals surface area contributed by atoms with E-state index in [-0.39, 0.29) is 17.6 Å². The number of hydrogen-bond donors (Lipinski definition) is 1. The van der Waals surface area contributed by atoms with E-state index in [2.05, 4.69) is 11.9 Å². The molecular weight excluding hydrogens is 254 g/mol. The first kappa shape index (κ1) is 14.8. The Hall–Kier alpha value is -1.58. The zero-order valence-electron chi connectivity index (χ0n) is 12.4. The monoisotopic (exact) mass is 277 g/mol. The average molecular weight is 277 g/mol.